The number of benzene rings is 4. The molecule has 0 saturated heterocycles. The molecule has 0 unspecified atom stereocenters. The summed E-state index contributed by atoms with van der Waals surface area (Å²) >= 11 is -1.76. The summed E-state index contributed by atoms with van der Waals surface area (Å²) in [6, 6.07) is 43.2. The molecule has 3 nitrogen and oxygen atoms in total. The van der Waals surface area contributed by atoms with Crippen LogP contribution in [0.4, 0.5) is 0 Å². The largest absolute Gasteiger partial charge is 0.500 e. The van der Waals surface area contributed by atoms with E-state index in [4.69, 9.17) is 14.4 Å². The van der Waals surface area contributed by atoms with Crippen LogP contribution in [0.5, 0.6) is 0 Å². The zero-order valence-electron chi connectivity index (χ0n) is 31.8. The van der Waals surface area contributed by atoms with Crippen molar-refractivity contribution in [2.45, 2.75) is 87.4 Å². The van der Waals surface area contributed by atoms with Gasteiger partial charge in [0.1, 0.15) is 5.58 Å². The number of para-hydroxylation sites is 1. The maximum absolute atomic E-state index is 6.54. The monoisotopic (exact) mass is 949 g/mol. The van der Waals surface area contributed by atoms with Crippen LogP contribution in [-0.4, -0.2) is 23.2 Å². The third-order valence-corrected chi connectivity index (χ3v) is 15.7. The van der Waals surface area contributed by atoms with Gasteiger partial charge in [-0.05, 0) is 29.7 Å². The topological polar surface area (TPSA) is 38.9 Å². The molecule has 5 heteroatoms. The van der Waals surface area contributed by atoms with Gasteiger partial charge in [-0.2, -0.15) is 0 Å². The molecule has 0 atom stereocenters. The van der Waals surface area contributed by atoms with Gasteiger partial charge in [-0.3, -0.25) is 0 Å². The van der Waals surface area contributed by atoms with Crippen molar-refractivity contribution in [2.24, 2.45) is 5.92 Å². The van der Waals surface area contributed by atoms with Crippen molar-refractivity contribution in [3.8, 4) is 33.6 Å². The first kappa shape index (κ1) is 38.4. The van der Waals surface area contributed by atoms with Crippen molar-refractivity contribution in [1.82, 2.24) is 9.97 Å². The Hall–Kier alpha value is -3.83. The second kappa shape index (κ2) is 17.3. The Morgan fingerprint density at radius 1 is 0.685 bits per heavy atom. The summed E-state index contributed by atoms with van der Waals surface area (Å²) in [6.45, 7) is 0. The van der Waals surface area contributed by atoms with Gasteiger partial charge in [-0.1, -0.05) is 103 Å². The summed E-state index contributed by atoms with van der Waals surface area (Å²) in [6.07, 6.45) is 17.5. The van der Waals surface area contributed by atoms with E-state index in [0.717, 1.165) is 73.8 Å². The van der Waals surface area contributed by atoms with Crippen LogP contribution >= 0.6 is 0 Å². The molecule has 4 aromatic carbocycles. The molecule has 0 spiro atoms. The Balaban J connectivity index is 0.000000178. The fourth-order valence-corrected chi connectivity index (χ4v) is 10.6. The predicted molar refractivity (Wildman–Crippen MR) is 224 cm³/mol. The standard InChI is InChI=1S/C30H26NO.C19H24GeN.Ir/c1-3-9-21(10-4-1)19-22-17-18-31-28(20-22)27-16-8-15-26-25-14-7-13-24(29(25)32-30(26)27)23-11-5-2-6-12-23;1-20(2,3)18-11-12-19(21-14-18)17-10-6-9-16(13-17)15-7-4-5-8-15;/h2,5-8,11-15,17-18,20-21H,1,3-4,9-10,19H2;6,9,11-15H,4-5,7-8H2,1-3H3;/q2*-1;. The Bertz CT molecular complexity index is 2300. The fourth-order valence-electron chi connectivity index (χ4n) is 8.40. The van der Waals surface area contributed by atoms with E-state index in [9.17, 15) is 0 Å². The molecule has 54 heavy (non-hydrogen) atoms. The third kappa shape index (κ3) is 8.67. The van der Waals surface area contributed by atoms with Crippen molar-refractivity contribution < 1.29 is 24.5 Å². The second-order valence-electron chi connectivity index (χ2n) is 16.2. The first-order chi connectivity index (χ1) is 25.9. The summed E-state index contributed by atoms with van der Waals surface area (Å²) in [5.74, 6) is 8.77. The van der Waals surface area contributed by atoms with E-state index in [2.05, 4.69) is 127 Å². The van der Waals surface area contributed by atoms with E-state index in [1.165, 1.54) is 73.3 Å². The Morgan fingerprint density at radius 3 is 2.20 bits per heavy atom. The average molecular weight is 948 g/mol. The van der Waals surface area contributed by atoms with Crippen molar-refractivity contribution in [1.29, 1.82) is 0 Å². The third-order valence-electron chi connectivity index (χ3n) is 11.4. The van der Waals surface area contributed by atoms with Crippen molar-refractivity contribution >= 4 is 39.6 Å². The van der Waals surface area contributed by atoms with Gasteiger partial charge in [0.2, 0.25) is 0 Å². The fraction of sp³-hybridized carbons (Fsp3) is 0.306. The molecule has 0 N–H and O–H groups in total. The van der Waals surface area contributed by atoms with Crippen LogP contribution in [0.1, 0.15) is 74.8 Å². The maximum atomic E-state index is 6.54. The van der Waals surface area contributed by atoms with Crippen LogP contribution in [-0.2, 0) is 26.5 Å². The molecule has 2 saturated carbocycles. The predicted octanol–water partition coefficient (Wildman–Crippen LogP) is 13.0. The molecule has 2 aliphatic carbocycles. The summed E-state index contributed by atoms with van der Waals surface area (Å²) in [5, 5.41) is 2.25. The minimum atomic E-state index is -1.76. The SMILES string of the molecule is [CH3][Ge]([CH3])([CH3])[c]1ccc(-c2[c-]ccc(C3CCCC3)c2)nc1.[Ir].[c-]1ccc2c(oc3c(-c4ccccc4)cccc32)c1-c1cc(CC2CCCCC2)ccn1. The van der Waals surface area contributed by atoms with Gasteiger partial charge in [0.05, 0.1) is 5.58 Å². The van der Waals surface area contributed by atoms with Crippen molar-refractivity contribution in [3.63, 3.8) is 0 Å². The van der Waals surface area contributed by atoms with Gasteiger partial charge in [-0.15, -0.1) is 18.2 Å². The van der Waals surface area contributed by atoms with Crippen LogP contribution in [0.2, 0.25) is 17.3 Å². The van der Waals surface area contributed by atoms with E-state index in [1.54, 1.807) is 0 Å². The van der Waals surface area contributed by atoms with Gasteiger partial charge in [-0.25, -0.2) is 0 Å². The quantitative estimate of drug-likeness (QED) is 0.118. The first-order valence-electron chi connectivity index (χ1n) is 19.8. The van der Waals surface area contributed by atoms with E-state index in [1.807, 2.05) is 18.3 Å². The molecule has 7 aromatic rings. The number of nitrogens with zero attached hydrogens (tertiary/aromatic N) is 2. The zero-order chi connectivity index (χ0) is 36.2. The number of hydrogen-bond donors (Lipinski definition) is 0. The normalized spacial score (nSPS) is 15.2. The van der Waals surface area contributed by atoms with Crippen molar-refractivity contribution in [3.05, 3.63) is 139 Å². The van der Waals surface area contributed by atoms with E-state index in [0.29, 0.717) is 0 Å². The van der Waals surface area contributed by atoms with Crippen LogP contribution < -0.4 is 4.40 Å². The van der Waals surface area contributed by atoms with Crippen LogP contribution in [0, 0.1) is 18.1 Å². The number of hydrogen-bond acceptors (Lipinski definition) is 3. The van der Waals surface area contributed by atoms with Gasteiger partial charge in [0.15, 0.2) is 0 Å². The van der Waals surface area contributed by atoms with E-state index >= 15 is 0 Å². The Morgan fingerprint density at radius 2 is 1.44 bits per heavy atom. The summed E-state index contributed by atoms with van der Waals surface area (Å²) < 4.78 is 8.01. The molecular formula is C49H50GeIrN2O-2. The molecule has 3 aromatic heterocycles. The second-order valence-corrected chi connectivity index (χ2v) is 26.9. The minimum absolute atomic E-state index is 0. The summed E-state index contributed by atoms with van der Waals surface area (Å²) in [7, 11) is 0. The molecule has 1 radical (unpaired) electrons. The molecule has 0 bridgehead atoms. The molecule has 2 aliphatic rings. The first-order valence-corrected chi connectivity index (χ1v) is 27.1. The smallest absolute Gasteiger partial charge is 0.128 e. The molecule has 0 aliphatic heterocycles. The number of pyridine rings is 2. The van der Waals surface area contributed by atoms with E-state index in [-0.39, 0.29) is 20.1 Å². The number of rotatable bonds is 7. The molecule has 3 heterocycles. The van der Waals surface area contributed by atoms with Gasteiger partial charge < -0.3 is 9.40 Å². The molecule has 277 valence electrons. The van der Waals surface area contributed by atoms with Crippen molar-refractivity contribution in [2.75, 3.05) is 0 Å². The molecule has 2 fully saturated rings. The molecular weight excluding hydrogens is 897 g/mol. The number of fused-ring (bicyclic) bond motifs is 3. The molecule has 9 rings (SSSR count). The van der Waals surface area contributed by atoms with Gasteiger partial charge >= 0.3 is 131 Å². The zero-order valence-corrected chi connectivity index (χ0v) is 36.3. The minimum Gasteiger partial charge on any atom is -0.500 e. The van der Waals surface area contributed by atoms with Crippen LogP contribution in [0.3, 0.4) is 0 Å². The Kier molecular flexibility index (Phi) is 12.3. The number of aromatic nitrogens is 2. The maximum Gasteiger partial charge on any atom is 0.128 e. The van der Waals surface area contributed by atoms with E-state index < -0.39 is 13.3 Å². The number of furan rings is 1. The Labute approximate surface area is 337 Å². The van der Waals surface area contributed by atoms with Crippen LogP contribution in [0.25, 0.3) is 55.6 Å². The average Bonchev–Trinajstić information content (AvgIpc) is 3.88. The molecule has 0 amide bonds. The summed E-state index contributed by atoms with van der Waals surface area (Å²) in [4.78, 5) is 9.41. The van der Waals surface area contributed by atoms with Crippen LogP contribution in [0.15, 0.2) is 120 Å². The van der Waals surface area contributed by atoms with Gasteiger partial charge in [0.25, 0.3) is 0 Å². The summed E-state index contributed by atoms with van der Waals surface area (Å²) in [5.41, 5.74) is 11.0. The van der Waals surface area contributed by atoms with Gasteiger partial charge in [0, 0.05) is 37.3 Å².